The lowest BCUT2D eigenvalue weighted by Crippen LogP contribution is -2.39. The van der Waals surface area contributed by atoms with Gasteiger partial charge in [0.15, 0.2) is 17.3 Å². The van der Waals surface area contributed by atoms with Crippen molar-refractivity contribution < 1.29 is 23.8 Å². The predicted molar refractivity (Wildman–Crippen MR) is 122 cm³/mol. The Morgan fingerprint density at radius 1 is 1.09 bits per heavy atom. The van der Waals surface area contributed by atoms with Gasteiger partial charge < -0.3 is 24.8 Å². The van der Waals surface area contributed by atoms with Gasteiger partial charge >= 0.3 is 5.97 Å². The van der Waals surface area contributed by atoms with E-state index < -0.39 is 17.9 Å². The van der Waals surface area contributed by atoms with Crippen molar-refractivity contribution in [3.63, 3.8) is 0 Å². The van der Waals surface area contributed by atoms with E-state index in [1.807, 2.05) is 56.3 Å². The van der Waals surface area contributed by atoms with Crippen LogP contribution < -0.4 is 20.1 Å². The van der Waals surface area contributed by atoms with Gasteiger partial charge in [-0.3, -0.25) is 9.59 Å². The molecule has 0 saturated carbocycles. The highest BCUT2D eigenvalue weighted by Crippen LogP contribution is 2.47. The van der Waals surface area contributed by atoms with Gasteiger partial charge in [-0.05, 0) is 37.5 Å². The number of allylic oxidation sites excluding steroid dienone is 1. The summed E-state index contributed by atoms with van der Waals surface area (Å²) < 4.78 is 16.5. The molecule has 1 heterocycles. The lowest BCUT2D eigenvalue weighted by atomic mass is 9.74. The second-order valence-electron chi connectivity index (χ2n) is 8.00. The lowest BCUT2D eigenvalue weighted by molar-refractivity contribution is -0.151. The van der Waals surface area contributed by atoms with E-state index in [0.717, 1.165) is 22.6 Å². The molecule has 1 aliphatic heterocycles. The van der Waals surface area contributed by atoms with Crippen LogP contribution in [-0.4, -0.2) is 32.6 Å². The molecular formula is C25H28N2O5. The van der Waals surface area contributed by atoms with Gasteiger partial charge in [0, 0.05) is 16.8 Å². The molecule has 0 saturated heterocycles. The van der Waals surface area contributed by atoms with Crippen molar-refractivity contribution in [2.75, 3.05) is 31.5 Å². The van der Waals surface area contributed by atoms with Crippen LogP contribution in [-0.2, 0) is 14.3 Å². The fourth-order valence-corrected chi connectivity index (χ4v) is 4.59. The normalized spacial score (nSPS) is 22.0. The van der Waals surface area contributed by atoms with Crippen LogP contribution >= 0.6 is 0 Å². The Balaban J connectivity index is 1.93. The molecule has 2 aromatic rings. The summed E-state index contributed by atoms with van der Waals surface area (Å²) >= 11 is 0. The maximum Gasteiger partial charge on any atom is 0.316 e. The fourth-order valence-electron chi connectivity index (χ4n) is 4.59. The average Bonchev–Trinajstić information content (AvgIpc) is 2.95. The number of ketones is 1. The summed E-state index contributed by atoms with van der Waals surface area (Å²) in [6, 6.07) is 12.9. The highest BCUT2D eigenvalue weighted by Gasteiger charge is 2.45. The standard InChI is InChI=1S/C25H28N2O5/c1-5-32-24-15(9-8-12-19(24)30-3)22-21-18(26-16-10-6-7-11-17(16)27-22)13-14(2)20(23(21)28)25(29)31-4/h6-12,14,20,22,26-27H,5,13H2,1-4H3/t14-,20+,22-/m0/s1. The number of carbonyl (C=O) groups is 2. The van der Waals surface area contributed by atoms with Gasteiger partial charge in [0.1, 0.15) is 5.92 Å². The fraction of sp³-hybridized carbons (Fsp3) is 0.360. The van der Waals surface area contributed by atoms with Crippen LogP contribution in [0.3, 0.4) is 0 Å². The van der Waals surface area contributed by atoms with Gasteiger partial charge in [-0.2, -0.15) is 0 Å². The van der Waals surface area contributed by atoms with Gasteiger partial charge in [0.25, 0.3) is 0 Å². The summed E-state index contributed by atoms with van der Waals surface area (Å²) in [4.78, 5) is 26.3. The quantitative estimate of drug-likeness (QED) is 0.533. The van der Waals surface area contributed by atoms with E-state index >= 15 is 0 Å². The van der Waals surface area contributed by atoms with Gasteiger partial charge in [-0.25, -0.2) is 0 Å². The number of esters is 1. The average molecular weight is 437 g/mol. The number of rotatable bonds is 5. The van der Waals surface area contributed by atoms with Crippen molar-refractivity contribution in [3.8, 4) is 11.5 Å². The van der Waals surface area contributed by atoms with Gasteiger partial charge in [0.2, 0.25) is 0 Å². The van der Waals surface area contributed by atoms with Gasteiger partial charge in [-0.1, -0.05) is 31.2 Å². The first-order valence-electron chi connectivity index (χ1n) is 10.8. The Bertz CT molecular complexity index is 1080. The molecular weight excluding hydrogens is 408 g/mol. The maximum absolute atomic E-state index is 13.8. The zero-order valence-corrected chi connectivity index (χ0v) is 18.7. The predicted octanol–water partition coefficient (Wildman–Crippen LogP) is 4.32. The Kier molecular flexibility index (Phi) is 6.08. The topological polar surface area (TPSA) is 85.9 Å². The van der Waals surface area contributed by atoms with Crippen LogP contribution in [0.2, 0.25) is 0 Å². The molecule has 1 aliphatic carbocycles. The van der Waals surface area contributed by atoms with Gasteiger partial charge in [0.05, 0.1) is 38.2 Å². The first kappa shape index (κ1) is 21.7. The highest BCUT2D eigenvalue weighted by atomic mass is 16.5. The number of hydrogen-bond acceptors (Lipinski definition) is 7. The number of anilines is 2. The van der Waals surface area contributed by atoms with E-state index in [1.54, 1.807) is 7.11 Å². The Morgan fingerprint density at radius 2 is 1.84 bits per heavy atom. The summed E-state index contributed by atoms with van der Waals surface area (Å²) in [6.07, 6.45) is 0.543. The van der Waals surface area contributed by atoms with Gasteiger partial charge in [-0.15, -0.1) is 0 Å². The molecule has 168 valence electrons. The minimum Gasteiger partial charge on any atom is -0.493 e. The summed E-state index contributed by atoms with van der Waals surface area (Å²) in [7, 11) is 2.91. The summed E-state index contributed by atoms with van der Waals surface area (Å²) in [5.74, 6) is -0.642. The van der Waals surface area contributed by atoms with Crippen molar-refractivity contribution in [2.45, 2.75) is 26.3 Å². The van der Waals surface area contributed by atoms with Crippen LogP contribution in [0.15, 0.2) is 53.7 Å². The maximum atomic E-state index is 13.8. The lowest BCUT2D eigenvalue weighted by Gasteiger charge is -2.33. The highest BCUT2D eigenvalue weighted by molar-refractivity contribution is 6.11. The number of fused-ring (bicyclic) bond motifs is 1. The number of para-hydroxylation sites is 3. The zero-order chi connectivity index (χ0) is 22.8. The van der Waals surface area contributed by atoms with Crippen molar-refractivity contribution >= 4 is 23.1 Å². The molecule has 7 heteroatoms. The van der Waals surface area contributed by atoms with Crippen LogP contribution in [0.5, 0.6) is 11.5 Å². The van der Waals surface area contributed by atoms with Crippen molar-refractivity contribution in [2.24, 2.45) is 11.8 Å². The monoisotopic (exact) mass is 436 g/mol. The van der Waals surface area contributed by atoms with E-state index in [9.17, 15) is 9.59 Å². The minimum atomic E-state index is -0.854. The number of ether oxygens (including phenoxy) is 3. The Hall–Kier alpha value is -3.48. The molecule has 0 radical (unpaired) electrons. The minimum absolute atomic E-state index is 0.191. The molecule has 0 fully saturated rings. The molecule has 0 aromatic heterocycles. The molecule has 2 aromatic carbocycles. The molecule has 0 unspecified atom stereocenters. The zero-order valence-electron chi connectivity index (χ0n) is 18.7. The van der Waals surface area contributed by atoms with Crippen molar-refractivity contribution in [3.05, 3.63) is 59.3 Å². The van der Waals surface area contributed by atoms with Crippen molar-refractivity contribution in [1.29, 1.82) is 0 Å². The molecule has 0 amide bonds. The first-order chi connectivity index (χ1) is 15.5. The smallest absolute Gasteiger partial charge is 0.316 e. The number of hydrogen-bond donors (Lipinski definition) is 2. The Labute approximate surface area is 187 Å². The Morgan fingerprint density at radius 3 is 2.53 bits per heavy atom. The number of benzene rings is 2. The van der Waals surface area contributed by atoms with E-state index in [0.29, 0.717) is 30.1 Å². The van der Waals surface area contributed by atoms with Crippen LogP contribution in [0.4, 0.5) is 11.4 Å². The summed E-state index contributed by atoms with van der Waals surface area (Å²) in [5.41, 5.74) is 3.81. The third kappa shape index (κ3) is 3.68. The van der Waals surface area contributed by atoms with Crippen LogP contribution in [0.1, 0.15) is 31.9 Å². The summed E-state index contributed by atoms with van der Waals surface area (Å²) in [5, 5.41) is 6.97. The van der Waals surface area contributed by atoms with Crippen molar-refractivity contribution in [1.82, 2.24) is 0 Å². The first-order valence-corrected chi connectivity index (χ1v) is 10.8. The molecule has 0 spiro atoms. The molecule has 3 atom stereocenters. The molecule has 4 rings (SSSR count). The van der Waals surface area contributed by atoms with E-state index in [2.05, 4.69) is 10.6 Å². The molecule has 32 heavy (non-hydrogen) atoms. The third-order valence-electron chi connectivity index (χ3n) is 6.05. The number of carbonyl (C=O) groups excluding carboxylic acids is 2. The molecule has 7 nitrogen and oxygen atoms in total. The SMILES string of the molecule is CCOc1c(OC)cccc1[C@@H]1Nc2ccccc2NC2=C1C(=O)[C@H](C(=O)OC)[C@@H](C)C2. The second-order valence-corrected chi connectivity index (χ2v) is 8.00. The van der Waals surface area contributed by atoms with Crippen LogP contribution in [0.25, 0.3) is 0 Å². The van der Waals surface area contributed by atoms with E-state index in [4.69, 9.17) is 14.2 Å². The number of nitrogens with one attached hydrogen (secondary N) is 2. The second kappa shape index (κ2) is 8.94. The number of methoxy groups -OCH3 is 2. The van der Waals surface area contributed by atoms with E-state index in [1.165, 1.54) is 7.11 Å². The summed E-state index contributed by atoms with van der Waals surface area (Å²) in [6.45, 7) is 4.25. The molecule has 0 bridgehead atoms. The largest absolute Gasteiger partial charge is 0.493 e. The van der Waals surface area contributed by atoms with Crippen LogP contribution in [0, 0.1) is 11.8 Å². The molecule has 2 N–H and O–H groups in total. The number of Topliss-reactive ketones (excluding diaryl/α,β-unsaturated/α-hetero) is 1. The third-order valence-corrected chi connectivity index (χ3v) is 6.05. The molecule has 2 aliphatic rings. The van der Waals surface area contributed by atoms with E-state index in [-0.39, 0.29) is 11.7 Å².